The predicted octanol–water partition coefficient (Wildman–Crippen LogP) is -0.975. The standard InChI is InChI=1S/C9H17NO4/c1-9(13,6-11)5-10-8(12)7-3-2-4-14-7/h7,11,13H,2-6H2,1H3,(H,10,12)/t7-,9?/m1/s1. The molecule has 5 heteroatoms. The van der Waals surface area contributed by atoms with Crippen LogP contribution < -0.4 is 5.32 Å². The Labute approximate surface area is 83.1 Å². The summed E-state index contributed by atoms with van der Waals surface area (Å²) in [6, 6.07) is 0. The van der Waals surface area contributed by atoms with E-state index in [-0.39, 0.29) is 25.2 Å². The van der Waals surface area contributed by atoms with Gasteiger partial charge in [0.15, 0.2) is 0 Å². The van der Waals surface area contributed by atoms with Gasteiger partial charge < -0.3 is 20.3 Å². The highest BCUT2D eigenvalue weighted by molar-refractivity contribution is 5.81. The third-order valence-corrected chi connectivity index (χ3v) is 2.21. The molecule has 0 spiro atoms. The molecule has 1 rings (SSSR count). The van der Waals surface area contributed by atoms with Crippen molar-refractivity contribution >= 4 is 5.91 Å². The molecular weight excluding hydrogens is 186 g/mol. The van der Waals surface area contributed by atoms with Crippen molar-refractivity contribution in [1.82, 2.24) is 5.32 Å². The number of aliphatic hydroxyl groups excluding tert-OH is 1. The van der Waals surface area contributed by atoms with Gasteiger partial charge in [-0.05, 0) is 19.8 Å². The van der Waals surface area contributed by atoms with Crippen molar-refractivity contribution in [2.24, 2.45) is 0 Å². The van der Waals surface area contributed by atoms with E-state index in [9.17, 15) is 9.90 Å². The fourth-order valence-corrected chi connectivity index (χ4v) is 1.23. The first-order valence-electron chi connectivity index (χ1n) is 4.78. The van der Waals surface area contributed by atoms with Gasteiger partial charge in [-0.2, -0.15) is 0 Å². The summed E-state index contributed by atoms with van der Waals surface area (Å²) in [5.74, 6) is -0.212. The van der Waals surface area contributed by atoms with Gasteiger partial charge in [0.05, 0.1) is 6.61 Å². The van der Waals surface area contributed by atoms with Crippen molar-refractivity contribution < 1.29 is 19.7 Å². The number of carbonyl (C=O) groups excluding carboxylic acids is 1. The van der Waals surface area contributed by atoms with E-state index >= 15 is 0 Å². The number of ether oxygens (including phenoxy) is 1. The Morgan fingerprint density at radius 1 is 1.71 bits per heavy atom. The fourth-order valence-electron chi connectivity index (χ4n) is 1.23. The molecule has 1 fully saturated rings. The van der Waals surface area contributed by atoms with Crippen LogP contribution in [0.25, 0.3) is 0 Å². The van der Waals surface area contributed by atoms with Crippen LogP contribution in [-0.4, -0.2) is 47.6 Å². The van der Waals surface area contributed by atoms with Crippen LogP contribution in [0.4, 0.5) is 0 Å². The topological polar surface area (TPSA) is 78.8 Å². The summed E-state index contributed by atoms with van der Waals surface area (Å²) in [6.45, 7) is 1.75. The molecule has 1 unspecified atom stereocenters. The Bertz CT molecular complexity index is 199. The number of amides is 1. The van der Waals surface area contributed by atoms with E-state index in [1.165, 1.54) is 6.92 Å². The van der Waals surface area contributed by atoms with Crippen molar-refractivity contribution in [1.29, 1.82) is 0 Å². The van der Waals surface area contributed by atoms with Crippen LogP contribution >= 0.6 is 0 Å². The van der Waals surface area contributed by atoms with E-state index in [0.29, 0.717) is 6.61 Å². The Morgan fingerprint density at radius 2 is 2.43 bits per heavy atom. The Kier molecular flexibility index (Phi) is 3.86. The molecule has 0 aromatic rings. The van der Waals surface area contributed by atoms with E-state index in [0.717, 1.165) is 12.8 Å². The number of rotatable bonds is 4. The summed E-state index contributed by atoms with van der Waals surface area (Å²) >= 11 is 0. The quantitative estimate of drug-likeness (QED) is 0.549. The third kappa shape index (κ3) is 3.25. The lowest BCUT2D eigenvalue weighted by Gasteiger charge is -2.21. The summed E-state index contributed by atoms with van der Waals surface area (Å²) in [5, 5.41) is 20.7. The Balaban J connectivity index is 2.27. The zero-order valence-electron chi connectivity index (χ0n) is 8.32. The van der Waals surface area contributed by atoms with Crippen molar-refractivity contribution in [2.45, 2.75) is 31.5 Å². The SMILES string of the molecule is CC(O)(CO)CNC(=O)[C@H]1CCCO1. The van der Waals surface area contributed by atoms with Gasteiger partial charge >= 0.3 is 0 Å². The first-order chi connectivity index (χ1) is 6.55. The molecule has 1 aliphatic rings. The number of carbonyl (C=O) groups is 1. The molecule has 5 nitrogen and oxygen atoms in total. The first-order valence-corrected chi connectivity index (χ1v) is 4.78. The monoisotopic (exact) mass is 203 g/mol. The van der Waals surface area contributed by atoms with E-state index < -0.39 is 5.60 Å². The van der Waals surface area contributed by atoms with Crippen LogP contribution in [0.5, 0.6) is 0 Å². The van der Waals surface area contributed by atoms with Crippen molar-refractivity contribution in [3.63, 3.8) is 0 Å². The van der Waals surface area contributed by atoms with Gasteiger partial charge in [-0.15, -0.1) is 0 Å². The zero-order valence-corrected chi connectivity index (χ0v) is 8.32. The molecule has 0 bridgehead atoms. The van der Waals surface area contributed by atoms with Gasteiger partial charge in [-0.3, -0.25) is 4.79 Å². The lowest BCUT2D eigenvalue weighted by Crippen LogP contribution is -2.46. The van der Waals surface area contributed by atoms with Crippen molar-refractivity contribution in [3.05, 3.63) is 0 Å². The molecule has 0 aliphatic carbocycles. The van der Waals surface area contributed by atoms with Crippen LogP contribution in [0.2, 0.25) is 0 Å². The molecule has 1 heterocycles. The summed E-state index contributed by atoms with van der Waals surface area (Å²) < 4.78 is 5.16. The zero-order chi connectivity index (χ0) is 10.6. The van der Waals surface area contributed by atoms with E-state index in [1.54, 1.807) is 0 Å². The molecular formula is C9H17NO4. The lowest BCUT2D eigenvalue weighted by atomic mass is 10.1. The summed E-state index contributed by atoms with van der Waals surface area (Å²) in [5.41, 5.74) is -1.26. The largest absolute Gasteiger partial charge is 0.393 e. The third-order valence-electron chi connectivity index (χ3n) is 2.21. The summed E-state index contributed by atoms with van der Waals surface area (Å²) in [6.07, 6.45) is 1.24. The molecule has 3 N–H and O–H groups in total. The smallest absolute Gasteiger partial charge is 0.249 e. The second-order valence-corrected chi connectivity index (χ2v) is 3.87. The molecule has 14 heavy (non-hydrogen) atoms. The fraction of sp³-hybridized carbons (Fsp3) is 0.889. The van der Waals surface area contributed by atoms with Gasteiger partial charge in [0, 0.05) is 13.2 Å². The maximum absolute atomic E-state index is 11.4. The highest BCUT2D eigenvalue weighted by Gasteiger charge is 2.26. The molecule has 1 aliphatic heterocycles. The highest BCUT2D eigenvalue weighted by atomic mass is 16.5. The van der Waals surface area contributed by atoms with Crippen LogP contribution in [0.1, 0.15) is 19.8 Å². The molecule has 82 valence electrons. The molecule has 0 radical (unpaired) electrons. The highest BCUT2D eigenvalue weighted by Crippen LogP contribution is 2.11. The van der Waals surface area contributed by atoms with Crippen LogP contribution in [0, 0.1) is 0 Å². The molecule has 0 aromatic carbocycles. The van der Waals surface area contributed by atoms with E-state index in [1.807, 2.05) is 0 Å². The van der Waals surface area contributed by atoms with Crippen molar-refractivity contribution in [3.8, 4) is 0 Å². The average molecular weight is 203 g/mol. The first kappa shape index (κ1) is 11.4. The minimum atomic E-state index is -1.26. The van der Waals surface area contributed by atoms with Gasteiger partial charge in [0.2, 0.25) is 5.91 Å². The van der Waals surface area contributed by atoms with Crippen LogP contribution in [0.3, 0.4) is 0 Å². The average Bonchev–Trinajstić information content (AvgIpc) is 2.67. The summed E-state index contributed by atoms with van der Waals surface area (Å²) in [4.78, 5) is 11.4. The van der Waals surface area contributed by atoms with Gasteiger partial charge in [0.25, 0.3) is 0 Å². The lowest BCUT2D eigenvalue weighted by molar-refractivity contribution is -0.131. The van der Waals surface area contributed by atoms with E-state index in [4.69, 9.17) is 9.84 Å². The van der Waals surface area contributed by atoms with Gasteiger partial charge in [-0.1, -0.05) is 0 Å². The number of hydrogen-bond acceptors (Lipinski definition) is 4. The van der Waals surface area contributed by atoms with E-state index in [2.05, 4.69) is 5.32 Å². The van der Waals surface area contributed by atoms with Crippen LogP contribution in [0.15, 0.2) is 0 Å². The minimum Gasteiger partial charge on any atom is -0.393 e. The minimum absolute atomic E-state index is 0.0438. The number of hydrogen-bond donors (Lipinski definition) is 3. The maximum atomic E-state index is 11.4. The predicted molar refractivity (Wildman–Crippen MR) is 49.7 cm³/mol. The molecule has 0 saturated carbocycles. The number of aliphatic hydroxyl groups is 2. The van der Waals surface area contributed by atoms with Gasteiger partial charge in [-0.25, -0.2) is 0 Å². The molecule has 0 aromatic heterocycles. The molecule has 2 atom stereocenters. The Hall–Kier alpha value is -0.650. The Morgan fingerprint density at radius 3 is 2.93 bits per heavy atom. The second-order valence-electron chi connectivity index (χ2n) is 3.87. The second kappa shape index (κ2) is 4.72. The molecule has 1 saturated heterocycles. The number of nitrogens with one attached hydrogen (secondary N) is 1. The summed E-state index contributed by atoms with van der Waals surface area (Å²) in [7, 11) is 0. The van der Waals surface area contributed by atoms with Gasteiger partial charge in [0.1, 0.15) is 11.7 Å². The van der Waals surface area contributed by atoms with Crippen molar-refractivity contribution in [2.75, 3.05) is 19.8 Å². The van der Waals surface area contributed by atoms with Crippen LogP contribution in [-0.2, 0) is 9.53 Å². The normalized spacial score (nSPS) is 25.8. The molecule has 1 amide bonds. The maximum Gasteiger partial charge on any atom is 0.249 e.